The van der Waals surface area contributed by atoms with Crippen LogP contribution in [-0.2, 0) is 17.8 Å². The highest BCUT2D eigenvalue weighted by atomic mass is 32.2. The Morgan fingerprint density at radius 1 is 1.23 bits per heavy atom. The van der Waals surface area contributed by atoms with E-state index in [2.05, 4.69) is 16.4 Å². The molecule has 0 fully saturated rings. The van der Waals surface area contributed by atoms with Crippen molar-refractivity contribution < 1.29 is 9.53 Å². The summed E-state index contributed by atoms with van der Waals surface area (Å²) in [6.07, 6.45) is 0.746. The van der Waals surface area contributed by atoms with Crippen LogP contribution in [-0.4, -0.2) is 28.3 Å². The van der Waals surface area contributed by atoms with E-state index in [4.69, 9.17) is 4.74 Å². The van der Waals surface area contributed by atoms with Gasteiger partial charge in [0.05, 0.1) is 24.1 Å². The number of thiophene rings is 2. The molecule has 0 radical (unpaired) electrons. The van der Waals surface area contributed by atoms with Gasteiger partial charge in [-0.25, -0.2) is 4.98 Å². The van der Waals surface area contributed by atoms with Gasteiger partial charge in [-0.2, -0.15) is 0 Å². The number of benzene rings is 1. The van der Waals surface area contributed by atoms with Crippen molar-refractivity contribution in [1.29, 1.82) is 0 Å². The molecule has 1 N–H and O–H groups in total. The third-order valence-corrected chi connectivity index (χ3v) is 7.46. The van der Waals surface area contributed by atoms with Crippen molar-refractivity contribution >= 4 is 56.2 Å². The zero-order valence-electron chi connectivity index (χ0n) is 17.1. The highest BCUT2D eigenvalue weighted by molar-refractivity contribution is 7.99. The molecule has 0 saturated carbocycles. The van der Waals surface area contributed by atoms with Gasteiger partial charge in [0.2, 0.25) is 5.91 Å². The number of aromatic nitrogens is 2. The standard InChI is InChI=1S/C22H21N3O3S3/c1-14-5-6-18(28-2)17(12-14)23-19(26)13-31-22-24-16-8-11-30-20(16)21(27)25(22)9-7-15-4-3-10-29-15/h3-6,8,10-12H,7,9,13H2,1-2H3,(H,23,26). The van der Waals surface area contributed by atoms with E-state index in [1.807, 2.05) is 48.0 Å². The molecule has 0 spiro atoms. The van der Waals surface area contributed by atoms with Crippen molar-refractivity contribution in [3.05, 3.63) is 68.0 Å². The van der Waals surface area contributed by atoms with Crippen molar-refractivity contribution in [3.63, 3.8) is 0 Å². The fourth-order valence-corrected chi connectivity index (χ4v) is 5.45. The predicted molar refractivity (Wildman–Crippen MR) is 129 cm³/mol. The first-order valence-corrected chi connectivity index (χ1v) is 12.4. The summed E-state index contributed by atoms with van der Waals surface area (Å²) in [5, 5.41) is 7.35. The van der Waals surface area contributed by atoms with E-state index in [9.17, 15) is 9.59 Å². The Morgan fingerprint density at radius 2 is 2.10 bits per heavy atom. The number of fused-ring (bicyclic) bond motifs is 1. The van der Waals surface area contributed by atoms with Gasteiger partial charge < -0.3 is 10.1 Å². The molecule has 0 aliphatic heterocycles. The number of methoxy groups -OCH3 is 1. The number of anilines is 1. The quantitative estimate of drug-likeness (QED) is 0.295. The third-order valence-electron chi connectivity index (χ3n) is 4.65. The maximum absolute atomic E-state index is 13.0. The van der Waals surface area contributed by atoms with E-state index in [0.29, 0.717) is 33.4 Å². The zero-order chi connectivity index (χ0) is 21.8. The molecule has 31 heavy (non-hydrogen) atoms. The molecule has 0 aliphatic rings. The van der Waals surface area contributed by atoms with Crippen molar-refractivity contribution in [1.82, 2.24) is 9.55 Å². The molecule has 0 atom stereocenters. The van der Waals surface area contributed by atoms with Gasteiger partial charge in [0, 0.05) is 11.4 Å². The number of carbonyl (C=O) groups is 1. The minimum atomic E-state index is -0.182. The van der Waals surface area contributed by atoms with Crippen LogP contribution in [0, 0.1) is 6.92 Å². The van der Waals surface area contributed by atoms with Gasteiger partial charge in [-0.15, -0.1) is 22.7 Å². The van der Waals surface area contributed by atoms with Gasteiger partial charge >= 0.3 is 0 Å². The van der Waals surface area contributed by atoms with Crippen molar-refractivity contribution in [2.45, 2.75) is 25.0 Å². The first-order valence-electron chi connectivity index (χ1n) is 9.63. The predicted octanol–water partition coefficient (Wildman–Crippen LogP) is 4.81. The minimum absolute atomic E-state index is 0.0557. The molecule has 1 amide bonds. The van der Waals surface area contributed by atoms with Gasteiger partial charge in [0.1, 0.15) is 10.4 Å². The molecule has 4 rings (SSSR count). The van der Waals surface area contributed by atoms with E-state index in [-0.39, 0.29) is 17.2 Å². The Hall–Kier alpha value is -2.62. The summed E-state index contributed by atoms with van der Waals surface area (Å²) in [5.41, 5.74) is 2.27. The van der Waals surface area contributed by atoms with Crippen molar-refractivity contribution in [2.24, 2.45) is 0 Å². The highest BCUT2D eigenvalue weighted by Gasteiger charge is 2.15. The number of hydrogen-bond donors (Lipinski definition) is 1. The fraction of sp³-hybridized carbons (Fsp3) is 0.227. The molecular weight excluding hydrogens is 450 g/mol. The third kappa shape index (κ3) is 5.00. The lowest BCUT2D eigenvalue weighted by molar-refractivity contribution is -0.113. The van der Waals surface area contributed by atoms with Crippen molar-refractivity contribution in [2.75, 3.05) is 18.2 Å². The summed E-state index contributed by atoms with van der Waals surface area (Å²) < 4.78 is 7.66. The smallest absolute Gasteiger partial charge is 0.272 e. The van der Waals surface area contributed by atoms with E-state index in [1.165, 1.54) is 28.0 Å². The normalized spacial score (nSPS) is 11.0. The maximum Gasteiger partial charge on any atom is 0.272 e. The molecule has 0 saturated heterocycles. The average molecular weight is 472 g/mol. The topological polar surface area (TPSA) is 73.2 Å². The van der Waals surface area contributed by atoms with Crippen LogP contribution < -0.4 is 15.6 Å². The Labute approximate surface area is 191 Å². The monoisotopic (exact) mass is 471 g/mol. The molecule has 0 aliphatic carbocycles. The lowest BCUT2D eigenvalue weighted by Crippen LogP contribution is -2.24. The number of nitrogens with zero attached hydrogens (tertiary/aromatic N) is 2. The minimum Gasteiger partial charge on any atom is -0.495 e. The summed E-state index contributed by atoms with van der Waals surface area (Å²) in [6, 6.07) is 11.5. The van der Waals surface area contributed by atoms with E-state index >= 15 is 0 Å². The molecular formula is C22H21N3O3S3. The van der Waals surface area contributed by atoms with Gasteiger partial charge in [0.25, 0.3) is 5.56 Å². The molecule has 0 bridgehead atoms. The first kappa shape index (κ1) is 21.6. The van der Waals surface area contributed by atoms with Crippen LogP contribution >= 0.6 is 34.4 Å². The summed E-state index contributed by atoms with van der Waals surface area (Å²) in [4.78, 5) is 31.5. The Balaban J connectivity index is 1.53. The summed E-state index contributed by atoms with van der Waals surface area (Å²) in [5.74, 6) is 0.561. The zero-order valence-corrected chi connectivity index (χ0v) is 19.5. The van der Waals surface area contributed by atoms with E-state index < -0.39 is 0 Å². The Bertz CT molecular complexity index is 1260. The van der Waals surface area contributed by atoms with Crippen LogP contribution in [0.25, 0.3) is 10.2 Å². The van der Waals surface area contributed by atoms with E-state index in [1.54, 1.807) is 23.0 Å². The number of ether oxygens (including phenoxy) is 1. The van der Waals surface area contributed by atoms with Gasteiger partial charge in [-0.3, -0.25) is 14.2 Å². The first-order chi connectivity index (χ1) is 15.0. The molecule has 3 heterocycles. The molecule has 3 aromatic heterocycles. The largest absolute Gasteiger partial charge is 0.495 e. The van der Waals surface area contributed by atoms with Crippen LogP contribution in [0.1, 0.15) is 10.4 Å². The lowest BCUT2D eigenvalue weighted by Gasteiger charge is -2.13. The molecule has 6 nitrogen and oxygen atoms in total. The lowest BCUT2D eigenvalue weighted by atomic mass is 10.2. The molecule has 0 unspecified atom stereocenters. The number of hydrogen-bond acceptors (Lipinski definition) is 7. The summed E-state index contributed by atoms with van der Waals surface area (Å²) >= 11 is 4.33. The average Bonchev–Trinajstić information content (AvgIpc) is 3.44. The Kier molecular flexibility index (Phi) is 6.74. The number of aryl methyl sites for hydroxylation is 2. The van der Waals surface area contributed by atoms with Crippen LogP contribution in [0.4, 0.5) is 5.69 Å². The summed E-state index contributed by atoms with van der Waals surface area (Å²) in [7, 11) is 1.57. The van der Waals surface area contributed by atoms with Crippen LogP contribution in [0.5, 0.6) is 5.75 Å². The van der Waals surface area contributed by atoms with Gasteiger partial charge in [0.15, 0.2) is 5.16 Å². The number of carbonyl (C=O) groups excluding carboxylic acids is 1. The van der Waals surface area contributed by atoms with E-state index in [0.717, 1.165) is 12.0 Å². The summed E-state index contributed by atoms with van der Waals surface area (Å²) in [6.45, 7) is 2.48. The molecule has 4 aromatic rings. The van der Waals surface area contributed by atoms with Crippen molar-refractivity contribution in [3.8, 4) is 5.75 Å². The number of amides is 1. The second kappa shape index (κ2) is 9.67. The van der Waals surface area contributed by atoms with Crippen LogP contribution in [0.3, 0.4) is 0 Å². The molecule has 1 aromatic carbocycles. The van der Waals surface area contributed by atoms with Gasteiger partial charge in [-0.1, -0.05) is 23.9 Å². The van der Waals surface area contributed by atoms with Crippen LogP contribution in [0.15, 0.2) is 57.1 Å². The van der Waals surface area contributed by atoms with Gasteiger partial charge in [-0.05, 0) is 53.9 Å². The number of thioether (sulfide) groups is 1. The second-order valence-electron chi connectivity index (χ2n) is 6.86. The van der Waals surface area contributed by atoms with Crippen LogP contribution in [0.2, 0.25) is 0 Å². The maximum atomic E-state index is 13.0. The molecule has 160 valence electrons. The number of rotatable bonds is 8. The second-order valence-corrected chi connectivity index (χ2v) is 9.75. The SMILES string of the molecule is COc1ccc(C)cc1NC(=O)CSc1nc2ccsc2c(=O)n1CCc1cccs1. The number of nitrogens with one attached hydrogen (secondary N) is 1. The Morgan fingerprint density at radius 3 is 2.87 bits per heavy atom. The molecule has 9 heteroatoms. The highest BCUT2D eigenvalue weighted by Crippen LogP contribution is 2.26. The fourth-order valence-electron chi connectivity index (χ4n) is 3.14.